The molecule has 3 heteroatoms. The maximum Gasteiger partial charge on any atom is 0.0660 e. The van der Waals surface area contributed by atoms with E-state index in [-0.39, 0.29) is 0 Å². The van der Waals surface area contributed by atoms with Crippen molar-refractivity contribution in [3.05, 3.63) is 28.5 Å². The summed E-state index contributed by atoms with van der Waals surface area (Å²) in [7, 11) is 0. The number of halogens is 1. The first-order valence-electron chi connectivity index (χ1n) is 4.85. The van der Waals surface area contributed by atoms with E-state index in [4.69, 9.17) is 0 Å². The smallest absolute Gasteiger partial charge is 0.0660 e. The molecule has 0 aliphatic heterocycles. The van der Waals surface area contributed by atoms with Crippen LogP contribution in [0.4, 0.5) is 0 Å². The maximum absolute atomic E-state index is 10.0. The predicted molar refractivity (Wildman–Crippen MR) is 61.2 cm³/mol. The van der Waals surface area contributed by atoms with Crippen LogP contribution in [0.2, 0.25) is 0 Å². The van der Waals surface area contributed by atoms with Gasteiger partial charge in [0.15, 0.2) is 0 Å². The Bertz CT molecular complexity index is 299. The average Bonchev–Trinajstić information content (AvgIpc) is 2.02. The summed E-state index contributed by atoms with van der Waals surface area (Å²) in [5.41, 5.74) is 0.454. The second kappa shape index (κ2) is 4.89. The van der Waals surface area contributed by atoms with Crippen LogP contribution in [0, 0.1) is 0 Å². The van der Waals surface area contributed by atoms with Gasteiger partial charge in [-0.2, -0.15) is 0 Å². The number of aliphatic hydroxyl groups is 1. The molecule has 78 valence electrons. The van der Waals surface area contributed by atoms with Gasteiger partial charge >= 0.3 is 0 Å². The minimum atomic E-state index is -0.614. The van der Waals surface area contributed by atoms with Crippen LogP contribution in [-0.2, 0) is 6.42 Å². The van der Waals surface area contributed by atoms with E-state index in [0.29, 0.717) is 6.42 Å². The predicted octanol–water partition coefficient (Wildman–Crippen LogP) is 2.94. The van der Waals surface area contributed by atoms with Crippen LogP contribution in [-0.4, -0.2) is 15.7 Å². The molecule has 0 saturated carbocycles. The lowest BCUT2D eigenvalue weighted by atomic mass is 9.93. The van der Waals surface area contributed by atoms with E-state index in [9.17, 15) is 5.11 Å². The molecule has 1 aromatic heterocycles. The van der Waals surface area contributed by atoms with Crippen LogP contribution in [0.25, 0.3) is 0 Å². The molecule has 0 aromatic carbocycles. The van der Waals surface area contributed by atoms with E-state index in [1.807, 2.05) is 13.0 Å². The lowest BCUT2D eigenvalue weighted by molar-refractivity contribution is 0.0504. The molecule has 0 saturated heterocycles. The van der Waals surface area contributed by atoms with Crippen molar-refractivity contribution in [2.75, 3.05) is 0 Å². The lowest BCUT2D eigenvalue weighted by Crippen LogP contribution is -2.26. The van der Waals surface area contributed by atoms with Gasteiger partial charge < -0.3 is 5.11 Å². The van der Waals surface area contributed by atoms with E-state index in [0.717, 1.165) is 22.9 Å². The summed E-state index contributed by atoms with van der Waals surface area (Å²) >= 11 is 3.36. The fourth-order valence-corrected chi connectivity index (χ4v) is 2.03. The fraction of sp³-hybridized carbons (Fsp3) is 0.545. The van der Waals surface area contributed by atoms with Gasteiger partial charge in [-0.3, -0.25) is 4.98 Å². The molecule has 0 bridgehead atoms. The Labute approximate surface area is 93.5 Å². The first-order chi connectivity index (χ1) is 6.53. The number of hydrogen-bond donors (Lipinski definition) is 1. The number of aromatic nitrogens is 1. The summed E-state index contributed by atoms with van der Waals surface area (Å²) in [4.78, 5) is 4.07. The molecule has 0 aliphatic rings. The molecule has 1 heterocycles. The van der Waals surface area contributed by atoms with Gasteiger partial charge in [0.05, 0.1) is 5.60 Å². The zero-order valence-corrected chi connectivity index (χ0v) is 10.2. The zero-order chi connectivity index (χ0) is 10.6. The highest BCUT2D eigenvalue weighted by atomic mass is 79.9. The van der Waals surface area contributed by atoms with E-state index in [1.54, 1.807) is 12.4 Å². The summed E-state index contributed by atoms with van der Waals surface area (Å²) in [6, 6.07) is 2.00. The van der Waals surface area contributed by atoms with E-state index in [1.165, 1.54) is 0 Å². The molecule has 1 N–H and O–H groups in total. The Balaban J connectivity index is 2.68. The van der Waals surface area contributed by atoms with Crippen LogP contribution in [0.15, 0.2) is 22.9 Å². The summed E-state index contributed by atoms with van der Waals surface area (Å²) in [5.74, 6) is 0. The standard InChI is InChI=1S/C11H16BrNO/c1-3-4-11(2,14)6-9-5-10(12)8-13-7-9/h5,7-8,14H,3-4,6H2,1-2H3. The van der Waals surface area contributed by atoms with Crippen LogP contribution in [0.3, 0.4) is 0 Å². The normalized spacial score (nSPS) is 15.1. The number of hydrogen-bond acceptors (Lipinski definition) is 2. The molecular formula is C11H16BrNO. The maximum atomic E-state index is 10.0. The van der Waals surface area contributed by atoms with E-state index in [2.05, 4.69) is 27.8 Å². The third-order valence-corrected chi connectivity index (χ3v) is 2.57. The second-order valence-corrected chi connectivity index (χ2v) is 4.85. The summed E-state index contributed by atoms with van der Waals surface area (Å²) < 4.78 is 0.960. The summed E-state index contributed by atoms with van der Waals surface area (Å²) in [6.07, 6.45) is 6.02. The van der Waals surface area contributed by atoms with Crippen molar-refractivity contribution >= 4 is 15.9 Å². The highest BCUT2D eigenvalue weighted by Gasteiger charge is 2.19. The van der Waals surface area contributed by atoms with Crippen molar-refractivity contribution in [2.45, 2.75) is 38.7 Å². The largest absolute Gasteiger partial charge is 0.390 e. The first-order valence-corrected chi connectivity index (χ1v) is 5.64. The van der Waals surface area contributed by atoms with Crippen LogP contribution >= 0.6 is 15.9 Å². The molecule has 0 spiro atoms. The van der Waals surface area contributed by atoms with Gasteiger partial charge in [0.2, 0.25) is 0 Å². The Morgan fingerprint density at radius 2 is 2.21 bits per heavy atom. The van der Waals surface area contributed by atoms with Gasteiger partial charge in [-0.25, -0.2) is 0 Å². The molecule has 14 heavy (non-hydrogen) atoms. The van der Waals surface area contributed by atoms with Crippen molar-refractivity contribution < 1.29 is 5.11 Å². The SMILES string of the molecule is CCCC(C)(O)Cc1cncc(Br)c1. The van der Waals surface area contributed by atoms with Crippen LogP contribution in [0.5, 0.6) is 0 Å². The van der Waals surface area contributed by atoms with E-state index >= 15 is 0 Å². The third-order valence-electron chi connectivity index (χ3n) is 2.14. The van der Waals surface area contributed by atoms with Gasteiger partial charge in [0.25, 0.3) is 0 Å². The summed E-state index contributed by atoms with van der Waals surface area (Å²) in [6.45, 7) is 3.95. The molecule has 1 rings (SSSR count). The highest BCUT2D eigenvalue weighted by Crippen LogP contribution is 2.19. The molecular weight excluding hydrogens is 242 g/mol. The quantitative estimate of drug-likeness (QED) is 0.900. The lowest BCUT2D eigenvalue weighted by Gasteiger charge is -2.22. The van der Waals surface area contributed by atoms with Crippen LogP contribution in [0.1, 0.15) is 32.3 Å². The zero-order valence-electron chi connectivity index (χ0n) is 8.63. The topological polar surface area (TPSA) is 33.1 Å². The van der Waals surface area contributed by atoms with Gasteiger partial charge in [-0.15, -0.1) is 0 Å². The number of pyridine rings is 1. The van der Waals surface area contributed by atoms with Crippen molar-refractivity contribution in [3.63, 3.8) is 0 Å². The van der Waals surface area contributed by atoms with Crippen molar-refractivity contribution in [1.29, 1.82) is 0 Å². The Kier molecular flexibility index (Phi) is 4.08. The van der Waals surface area contributed by atoms with Crippen molar-refractivity contribution in [2.24, 2.45) is 0 Å². The second-order valence-electron chi connectivity index (χ2n) is 3.94. The minimum Gasteiger partial charge on any atom is -0.390 e. The molecule has 0 fully saturated rings. The van der Waals surface area contributed by atoms with Crippen molar-refractivity contribution in [1.82, 2.24) is 4.98 Å². The van der Waals surface area contributed by atoms with Gasteiger partial charge in [-0.05, 0) is 40.9 Å². The fourth-order valence-electron chi connectivity index (χ4n) is 1.62. The molecule has 1 unspecified atom stereocenters. The monoisotopic (exact) mass is 257 g/mol. The summed E-state index contributed by atoms with van der Waals surface area (Å²) in [5, 5.41) is 10.0. The molecule has 0 radical (unpaired) electrons. The van der Waals surface area contributed by atoms with Gasteiger partial charge in [0, 0.05) is 23.3 Å². The molecule has 1 aromatic rings. The third kappa shape index (κ3) is 3.76. The van der Waals surface area contributed by atoms with Crippen molar-refractivity contribution in [3.8, 4) is 0 Å². The van der Waals surface area contributed by atoms with Crippen LogP contribution < -0.4 is 0 Å². The first kappa shape index (κ1) is 11.7. The molecule has 0 amide bonds. The molecule has 1 atom stereocenters. The molecule has 0 aliphatic carbocycles. The molecule has 2 nitrogen and oxygen atoms in total. The van der Waals surface area contributed by atoms with Gasteiger partial charge in [0.1, 0.15) is 0 Å². The highest BCUT2D eigenvalue weighted by molar-refractivity contribution is 9.10. The minimum absolute atomic E-state index is 0.614. The Morgan fingerprint density at radius 3 is 2.79 bits per heavy atom. The Hall–Kier alpha value is -0.410. The number of rotatable bonds is 4. The van der Waals surface area contributed by atoms with E-state index < -0.39 is 5.60 Å². The average molecular weight is 258 g/mol. The van der Waals surface area contributed by atoms with Gasteiger partial charge in [-0.1, -0.05) is 13.3 Å². The Morgan fingerprint density at radius 1 is 1.50 bits per heavy atom. The number of nitrogens with zero attached hydrogens (tertiary/aromatic N) is 1.